The van der Waals surface area contributed by atoms with Crippen molar-refractivity contribution in [2.24, 2.45) is 0 Å². The number of anilines is 1. The van der Waals surface area contributed by atoms with Gasteiger partial charge in [-0.05, 0) is 66.7 Å². The number of rotatable bonds is 7. The van der Waals surface area contributed by atoms with Crippen LogP contribution in [0.4, 0.5) is 5.69 Å². The predicted octanol–water partition coefficient (Wildman–Crippen LogP) is 5.71. The molecule has 0 bridgehead atoms. The van der Waals surface area contributed by atoms with Crippen molar-refractivity contribution < 1.29 is 32.2 Å². The summed E-state index contributed by atoms with van der Waals surface area (Å²) < 4.78 is 46.4. The second-order valence-electron chi connectivity index (χ2n) is 10.3. The number of hydrogen-bond acceptors (Lipinski definition) is 7. The lowest BCUT2D eigenvalue weighted by atomic mass is 10.1. The lowest BCUT2D eigenvalue weighted by molar-refractivity contribution is -0.142. The molecule has 4 aromatic carbocycles. The van der Waals surface area contributed by atoms with Crippen molar-refractivity contribution in [2.75, 3.05) is 37.5 Å². The summed E-state index contributed by atoms with van der Waals surface area (Å²) in [6.45, 7) is 1.12. The smallest absolute Gasteiger partial charge is 0.267 e. The first-order valence-electron chi connectivity index (χ1n) is 14.0. The Morgan fingerprint density at radius 3 is 2.22 bits per heavy atom. The van der Waals surface area contributed by atoms with Gasteiger partial charge in [-0.1, -0.05) is 47.5 Å². The van der Waals surface area contributed by atoms with Crippen LogP contribution in [0.2, 0.25) is 10.0 Å². The van der Waals surface area contributed by atoms with Gasteiger partial charge in [-0.2, -0.15) is 0 Å². The van der Waals surface area contributed by atoms with E-state index in [0.717, 1.165) is 0 Å². The maximum absolute atomic E-state index is 13.6. The predicted molar refractivity (Wildman–Crippen MR) is 169 cm³/mol. The fourth-order valence-corrected chi connectivity index (χ4v) is 6.40. The van der Waals surface area contributed by atoms with E-state index in [1.807, 2.05) is 6.07 Å². The number of sulfonamides is 1. The molecule has 1 saturated heterocycles. The molecule has 6 rings (SSSR count). The Balaban J connectivity index is 1.11. The molecule has 4 aromatic rings. The van der Waals surface area contributed by atoms with E-state index in [0.29, 0.717) is 28.0 Å². The Morgan fingerprint density at radius 1 is 0.822 bits per heavy atom. The van der Waals surface area contributed by atoms with Crippen LogP contribution < -0.4 is 18.9 Å². The molecule has 10 nitrogen and oxygen atoms in total. The molecular weight excluding hydrogens is 641 g/mol. The molecule has 1 fully saturated rings. The molecule has 1 atom stereocenters. The van der Waals surface area contributed by atoms with E-state index in [1.165, 1.54) is 42.5 Å². The van der Waals surface area contributed by atoms with Crippen LogP contribution >= 0.6 is 23.2 Å². The highest BCUT2D eigenvalue weighted by Gasteiger charge is 2.34. The van der Waals surface area contributed by atoms with E-state index >= 15 is 0 Å². The van der Waals surface area contributed by atoms with E-state index in [2.05, 4.69) is 4.72 Å². The van der Waals surface area contributed by atoms with Gasteiger partial charge >= 0.3 is 0 Å². The van der Waals surface area contributed by atoms with Gasteiger partial charge in [0.2, 0.25) is 6.10 Å². The average molecular weight is 669 g/mol. The minimum absolute atomic E-state index is 0.0361. The maximum atomic E-state index is 13.6. The highest BCUT2D eigenvalue weighted by Crippen LogP contribution is 2.32. The zero-order chi connectivity index (χ0) is 31.6. The minimum atomic E-state index is -4.09. The molecule has 2 aliphatic heterocycles. The Labute approximate surface area is 270 Å². The Kier molecular flexibility index (Phi) is 8.75. The van der Waals surface area contributed by atoms with Crippen molar-refractivity contribution in [3.8, 4) is 23.0 Å². The van der Waals surface area contributed by atoms with Crippen molar-refractivity contribution in [3.63, 3.8) is 0 Å². The van der Waals surface area contributed by atoms with Gasteiger partial charge in [0.1, 0.15) is 18.1 Å². The monoisotopic (exact) mass is 667 g/mol. The molecule has 2 heterocycles. The first-order valence-corrected chi connectivity index (χ1v) is 16.2. The topological polar surface area (TPSA) is 114 Å². The number of hydrogen-bond donors (Lipinski definition) is 1. The van der Waals surface area contributed by atoms with E-state index in [9.17, 15) is 18.0 Å². The molecule has 2 amide bonds. The molecule has 13 heteroatoms. The lowest BCUT2D eigenvalue weighted by Crippen LogP contribution is -2.55. The lowest BCUT2D eigenvalue weighted by Gasteiger charge is -2.37. The SMILES string of the molecule is O=C(c1cc(Cl)ccc1NS(=O)(=O)c1ccc(Oc2ccccc2Cl)cc1)N1CCN(C(=O)[C@H]2COc3ccccc3O2)CC1. The van der Waals surface area contributed by atoms with Crippen molar-refractivity contribution >= 4 is 50.7 Å². The molecule has 0 aliphatic carbocycles. The standard InChI is InChI=1S/C32H27Cl2N3O7S/c33-21-9-14-26(35-45(40,41)23-12-10-22(11-13-23)43-27-6-2-1-5-25(27)34)24(19-21)31(38)36-15-17-37(18-16-36)32(39)30-20-42-28-7-3-4-8-29(28)44-30/h1-14,19,30,35H,15-18,20H2/t30-/m1/s1. The number of benzene rings is 4. The molecule has 0 radical (unpaired) electrons. The maximum Gasteiger partial charge on any atom is 0.267 e. The number of para-hydroxylation sites is 3. The summed E-state index contributed by atoms with van der Waals surface area (Å²) >= 11 is 12.4. The van der Waals surface area contributed by atoms with Crippen LogP contribution in [0, 0.1) is 0 Å². The van der Waals surface area contributed by atoms with Crippen LogP contribution in [0.25, 0.3) is 0 Å². The number of carbonyl (C=O) groups is 2. The van der Waals surface area contributed by atoms with E-state index in [4.69, 9.17) is 37.4 Å². The third-order valence-corrected chi connectivity index (χ3v) is 9.25. The number of halogens is 2. The second kappa shape index (κ2) is 12.9. The number of nitrogens with zero attached hydrogens (tertiary/aromatic N) is 2. The molecule has 0 aromatic heterocycles. The molecule has 0 unspecified atom stereocenters. The third kappa shape index (κ3) is 6.80. The minimum Gasteiger partial charge on any atom is -0.485 e. The van der Waals surface area contributed by atoms with Crippen LogP contribution in [-0.2, 0) is 14.8 Å². The van der Waals surface area contributed by atoms with Gasteiger partial charge in [-0.15, -0.1) is 0 Å². The van der Waals surface area contributed by atoms with Gasteiger partial charge in [0.25, 0.3) is 21.8 Å². The van der Waals surface area contributed by atoms with Crippen LogP contribution in [-0.4, -0.2) is 68.9 Å². The van der Waals surface area contributed by atoms with Crippen LogP contribution in [0.15, 0.2) is 95.9 Å². The molecular formula is C32H27Cl2N3O7S. The normalized spacial score (nSPS) is 16.2. The largest absolute Gasteiger partial charge is 0.485 e. The summed E-state index contributed by atoms with van der Waals surface area (Å²) in [6.07, 6.45) is -0.784. The summed E-state index contributed by atoms with van der Waals surface area (Å²) in [6, 6.07) is 24.2. The van der Waals surface area contributed by atoms with Gasteiger partial charge in [-0.25, -0.2) is 8.42 Å². The summed E-state index contributed by atoms with van der Waals surface area (Å²) in [4.78, 5) is 29.9. The Hall–Kier alpha value is -4.45. The average Bonchev–Trinajstić information content (AvgIpc) is 3.06. The molecule has 0 spiro atoms. The Bertz CT molecular complexity index is 1850. The van der Waals surface area contributed by atoms with Crippen LogP contribution in [0.1, 0.15) is 10.4 Å². The number of amides is 2. The molecule has 232 valence electrons. The van der Waals surface area contributed by atoms with E-state index in [-0.39, 0.29) is 59.9 Å². The zero-order valence-electron chi connectivity index (χ0n) is 23.7. The van der Waals surface area contributed by atoms with Gasteiger partial charge in [0.15, 0.2) is 11.5 Å². The summed E-state index contributed by atoms with van der Waals surface area (Å²) in [5.74, 6) is 1.28. The van der Waals surface area contributed by atoms with Gasteiger partial charge in [0, 0.05) is 31.2 Å². The second-order valence-corrected chi connectivity index (χ2v) is 12.8. The fraction of sp³-hybridized carbons (Fsp3) is 0.188. The summed E-state index contributed by atoms with van der Waals surface area (Å²) in [5.41, 5.74) is 0.163. The summed E-state index contributed by atoms with van der Waals surface area (Å²) in [5, 5.41) is 0.689. The highest BCUT2D eigenvalue weighted by molar-refractivity contribution is 7.92. The van der Waals surface area contributed by atoms with Gasteiger partial charge in [-0.3, -0.25) is 14.3 Å². The van der Waals surface area contributed by atoms with E-state index in [1.54, 1.807) is 52.3 Å². The number of piperazine rings is 1. The van der Waals surface area contributed by atoms with Gasteiger partial charge in [0.05, 0.1) is 21.2 Å². The van der Waals surface area contributed by atoms with E-state index < -0.39 is 22.0 Å². The number of fused-ring (bicyclic) bond motifs is 1. The zero-order valence-corrected chi connectivity index (χ0v) is 26.0. The quantitative estimate of drug-likeness (QED) is 0.268. The highest BCUT2D eigenvalue weighted by atomic mass is 35.5. The molecule has 1 N–H and O–H groups in total. The third-order valence-electron chi connectivity index (χ3n) is 7.32. The fourth-order valence-electron chi connectivity index (χ4n) is 4.97. The van der Waals surface area contributed by atoms with Crippen LogP contribution in [0.3, 0.4) is 0 Å². The molecule has 2 aliphatic rings. The van der Waals surface area contributed by atoms with Crippen LogP contribution in [0.5, 0.6) is 23.0 Å². The molecule has 0 saturated carbocycles. The first kappa shape index (κ1) is 30.6. The summed E-state index contributed by atoms with van der Waals surface area (Å²) in [7, 11) is -4.09. The molecule has 45 heavy (non-hydrogen) atoms. The van der Waals surface area contributed by atoms with Crippen molar-refractivity contribution in [3.05, 3.63) is 107 Å². The van der Waals surface area contributed by atoms with Gasteiger partial charge < -0.3 is 24.0 Å². The van der Waals surface area contributed by atoms with Crippen molar-refractivity contribution in [1.82, 2.24) is 9.80 Å². The Morgan fingerprint density at radius 2 is 1.49 bits per heavy atom. The number of ether oxygens (including phenoxy) is 3. The first-order chi connectivity index (χ1) is 21.7. The number of nitrogens with one attached hydrogen (secondary N) is 1. The van der Waals surface area contributed by atoms with Crippen molar-refractivity contribution in [1.29, 1.82) is 0 Å². The number of carbonyl (C=O) groups excluding carboxylic acids is 2. The van der Waals surface area contributed by atoms with Crippen molar-refractivity contribution in [2.45, 2.75) is 11.0 Å².